The third-order valence-corrected chi connectivity index (χ3v) is 5.37. The Morgan fingerprint density at radius 2 is 1.90 bits per heavy atom. The van der Waals surface area contributed by atoms with Crippen LogP contribution in [-0.2, 0) is 4.74 Å². The van der Waals surface area contributed by atoms with Crippen LogP contribution in [0.4, 0.5) is 4.39 Å². The first-order valence-electron chi connectivity index (χ1n) is 8.31. The number of halogens is 1. The summed E-state index contributed by atoms with van der Waals surface area (Å²) in [4.78, 5) is 1.17. The molecule has 1 saturated heterocycles. The van der Waals surface area contributed by atoms with Crippen LogP contribution >= 0.6 is 11.8 Å². The number of rotatable bonds is 8. The monoisotopic (exact) mass is 310 g/mol. The van der Waals surface area contributed by atoms with Gasteiger partial charge in [0, 0.05) is 16.8 Å². The highest BCUT2D eigenvalue weighted by Crippen LogP contribution is 2.33. The van der Waals surface area contributed by atoms with Crippen molar-refractivity contribution in [1.29, 1.82) is 0 Å². The first-order valence-corrected chi connectivity index (χ1v) is 9.19. The standard InChI is InChI=1S/C18H27FOS/c1-2-3-4-5-6-7-16-14-18(12-13-20-16)21-17-10-8-15(19)9-11-17/h8-11,16,18H,2-7,12-14H2,1H3/t16-,18-/m1/s1. The molecular formula is C18H27FOS. The second-order valence-corrected chi connectivity index (χ2v) is 7.29. The van der Waals surface area contributed by atoms with Crippen molar-refractivity contribution in [2.45, 2.75) is 74.5 Å². The number of benzene rings is 1. The van der Waals surface area contributed by atoms with Gasteiger partial charge in [0.05, 0.1) is 6.10 Å². The lowest BCUT2D eigenvalue weighted by atomic mass is 10.0. The zero-order valence-electron chi connectivity index (χ0n) is 13.0. The fraction of sp³-hybridized carbons (Fsp3) is 0.667. The Balaban J connectivity index is 1.69. The minimum atomic E-state index is -0.156. The maximum atomic E-state index is 12.9. The van der Waals surface area contributed by atoms with E-state index in [1.54, 1.807) is 12.1 Å². The smallest absolute Gasteiger partial charge is 0.123 e. The van der Waals surface area contributed by atoms with E-state index in [4.69, 9.17) is 4.74 Å². The Hall–Kier alpha value is -0.540. The summed E-state index contributed by atoms with van der Waals surface area (Å²) in [6.07, 6.45) is 10.5. The van der Waals surface area contributed by atoms with E-state index in [0.29, 0.717) is 11.4 Å². The quantitative estimate of drug-likeness (QED) is 0.559. The molecule has 1 aromatic carbocycles. The van der Waals surface area contributed by atoms with E-state index in [1.165, 1.54) is 43.4 Å². The molecule has 0 unspecified atom stereocenters. The molecule has 1 nitrogen and oxygen atoms in total. The van der Waals surface area contributed by atoms with Gasteiger partial charge in [0.1, 0.15) is 5.82 Å². The van der Waals surface area contributed by atoms with Gasteiger partial charge in [0.15, 0.2) is 0 Å². The van der Waals surface area contributed by atoms with Crippen LogP contribution in [0.3, 0.4) is 0 Å². The van der Waals surface area contributed by atoms with Crippen LogP contribution in [0.15, 0.2) is 29.2 Å². The van der Waals surface area contributed by atoms with Gasteiger partial charge in [0.25, 0.3) is 0 Å². The van der Waals surface area contributed by atoms with E-state index in [9.17, 15) is 4.39 Å². The Labute approximate surface area is 132 Å². The van der Waals surface area contributed by atoms with Crippen molar-refractivity contribution in [3.63, 3.8) is 0 Å². The van der Waals surface area contributed by atoms with Gasteiger partial charge >= 0.3 is 0 Å². The molecule has 0 aliphatic carbocycles. The summed E-state index contributed by atoms with van der Waals surface area (Å²) >= 11 is 1.88. The summed E-state index contributed by atoms with van der Waals surface area (Å²) in [6, 6.07) is 6.87. The molecule has 1 aliphatic rings. The van der Waals surface area contributed by atoms with Crippen molar-refractivity contribution in [1.82, 2.24) is 0 Å². The van der Waals surface area contributed by atoms with E-state index >= 15 is 0 Å². The van der Waals surface area contributed by atoms with Gasteiger partial charge in [0.2, 0.25) is 0 Å². The van der Waals surface area contributed by atoms with Crippen LogP contribution in [0.1, 0.15) is 58.3 Å². The molecule has 3 heteroatoms. The Kier molecular flexibility index (Phi) is 7.59. The van der Waals surface area contributed by atoms with E-state index in [0.717, 1.165) is 19.4 Å². The molecule has 0 spiro atoms. The Morgan fingerprint density at radius 3 is 2.67 bits per heavy atom. The SMILES string of the molecule is CCCCCCC[C@@H]1C[C@H](Sc2ccc(F)cc2)CCO1. The average molecular weight is 310 g/mol. The lowest BCUT2D eigenvalue weighted by Crippen LogP contribution is -2.27. The van der Waals surface area contributed by atoms with Crippen molar-refractivity contribution >= 4 is 11.8 Å². The molecule has 0 radical (unpaired) electrons. The maximum absolute atomic E-state index is 12.9. The molecule has 2 rings (SSSR count). The van der Waals surface area contributed by atoms with Crippen LogP contribution in [0.5, 0.6) is 0 Å². The highest BCUT2D eigenvalue weighted by molar-refractivity contribution is 8.00. The first-order chi connectivity index (χ1) is 10.3. The molecular weight excluding hydrogens is 283 g/mol. The Bertz CT molecular complexity index is 393. The van der Waals surface area contributed by atoms with E-state index in [2.05, 4.69) is 6.92 Å². The van der Waals surface area contributed by atoms with Gasteiger partial charge in [-0.2, -0.15) is 0 Å². The number of unbranched alkanes of at least 4 members (excludes halogenated alkanes) is 4. The van der Waals surface area contributed by atoms with Crippen LogP contribution in [0.25, 0.3) is 0 Å². The second kappa shape index (κ2) is 9.47. The van der Waals surface area contributed by atoms with Crippen molar-refractivity contribution in [2.24, 2.45) is 0 Å². The molecule has 21 heavy (non-hydrogen) atoms. The van der Waals surface area contributed by atoms with Crippen LogP contribution in [0, 0.1) is 5.82 Å². The highest BCUT2D eigenvalue weighted by atomic mass is 32.2. The minimum absolute atomic E-state index is 0.156. The number of thioether (sulfide) groups is 1. The molecule has 2 atom stereocenters. The Morgan fingerprint density at radius 1 is 1.14 bits per heavy atom. The van der Waals surface area contributed by atoms with Gasteiger partial charge < -0.3 is 4.74 Å². The topological polar surface area (TPSA) is 9.23 Å². The molecule has 0 saturated carbocycles. The average Bonchev–Trinajstić information content (AvgIpc) is 2.50. The molecule has 0 N–H and O–H groups in total. The predicted octanol–water partition coefficient (Wildman–Crippen LogP) is 5.83. The molecule has 1 aliphatic heterocycles. The summed E-state index contributed by atoms with van der Waals surface area (Å²) in [7, 11) is 0. The van der Waals surface area contributed by atoms with Crippen LogP contribution < -0.4 is 0 Å². The van der Waals surface area contributed by atoms with Crippen molar-refractivity contribution in [2.75, 3.05) is 6.61 Å². The predicted molar refractivity (Wildman–Crippen MR) is 88.4 cm³/mol. The number of hydrogen-bond acceptors (Lipinski definition) is 2. The second-order valence-electron chi connectivity index (χ2n) is 5.91. The third kappa shape index (κ3) is 6.39. The molecule has 0 bridgehead atoms. The zero-order chi connectivity index (χ0) is 14.9. The summed E-state index contributed by atoms with van der Waals surface area (Å²) in [5, 5.41) is 0.616. The van der Waals surface area contributed by atoms with Gasteiger partial charge in [-0.15, -0.1) is 11.8 Å². The lowest BCUT2D eigenvalue weighted by molar-refractivity contribution is 0.0125. The van der Waals surface area contributed by atoms with E-state index in [1.807, 2.05) is 23.9 Å². The van der Waals surface area contributed by atoms with Crippen molar-refractivity contribution in [3.8, 4) is 0 Å². The summed E-state index contributed by atoms with van der Waals surface area (Å²) < 4.78 is 18.8. The normalized spacial score (nSPS) is 22.4. The van der Waals surface area contributed by atoms with Crippen molar-refractivity contribution in [3.05, 3.63) is 30.1 Å². The minimum Gasteiger partial charge on any atom is -0.378 e. The summed E-state index contributed by atoms with van der Waals surface area (Å²) in [5.41, 5.74) is 0. The zero-order valence-corrected chi connectivity index (χ0v) is 13.8. The van der Waals surface area contributed by atoms with Crippen LogP contribution in [0.2, 0.25) is 0 Å². The fourth-order valence-electron chi connectivity index (χ4n) is 2.83. The van der Waals surface area contributed by atoms with E-state index in [-0.39, 0.29) is 5.82 Å². The highest BCUT2D eigenvalue weighted by Gasteiger charge is 2.23. The number of ether oxygens (including phenoxy) is 1. The molecule has 0 aromatic heterocycles. The number of hydrogen-bond donors (Lipinski definition) is 0. The first kappa shape index (κ1) is 16.8. The van der Waals surface area contributed by atoms with Crippen molar-refractivity contribution < 1.29 is 9.13 Å². The maximum Gasteiger partial charge on any atom is 0.123 e. The van der Waals surface area contributed by atoms with E-state index < -0.39 is 0 Å². The largest absolute Gasteiger partial charge is 0.378 e. The summed E-state index contributed by atoms with van der Waals surface area (Å²) in [6.45, 7) is 3.13. The van der Waals surface area contributed by atoms with Gasteiger partial charge in [-0.1, -0.05) is 39.0 Å². The molecule has 118 valence electrons. The molecule has 1 fully saturated rings. The molecule has 0 amide bonds. The molecule has 1 aromatic rings. The van der Waals surface area contributed by atoms with Gasteiger partial charge in [-0.3, -0.25) is 0 Å². The third-order valence-electron chi connectivity index (χ3n) is 4.07. The summed E-state index contributed by atoms with van der Waals surface area (Å²) in [5.74, 6) is -0.156. The fourth-order valence-corrected chi connectivity index (χ4v) is 4.04. The molecule has 1 heterocycles. The van der Waals surface area contributed by atoms with Crippen LogP contribution in [-0.4, -0.2) is 18.0 Å². The lowest BCUT2D eigenvalue weighted by Gasteiger charge is -2.29. The van der Waals surface area contributed by atoms with Gasteiger partial charge in [-0.05, 0) is 43.5 Å². The van der Waals surface area contributed by atoms with Gasteiger partial charge in [-0.25, -0.2) is 4.39 Å².